The molecular formula is C18H23NO4S. The van der Waals surface area contributed by atoms with Crippen LogP contribution in [0.15, 0.2) is 53.4 Å². The minimum Gasteiger partial charge on any atom is -0.497 e. The Kier molecular flexibility index (Phi) is 6.09. The monoisotopic (exact) mass is 349 g/mol. The van der Waals surface area contributed by atoms with Crippen LogP contribution in [0.3, 0.4) is 0 Å². The fourth-order valence-corrected chi connectivity index (χ4v) is 3.33. The van der Waals surface area contributed by atoms with E-state index in [1.165, 1.54) is 11.4 Å². The Morgan fingerprint density at radius 1 is 0.958 bits per heavy atom. The van der Waals surface area contributed by atoms with Crippen LogP contribution >= 0.6 is 0 Å². The van der Waals surface area contributed by atoms with Crippen molar-refractivity contribution in [1.82, 2.24) is 0 Å². The number of hydrogen-bond acceptors (Lipinski definition) is 4. The summed E-state index contributed by atoms with van der Waals surface area (Å²) in [5.41, 5.74) is 0.569. The molecule has 0 saturated heterocycles. The molecule has 0 aromatic heterocycles. The molecule has 0 saturated carbocycles. The summed E-state index contributed by atoms with van der Waals surface area (Å²) >= 11 is 0. The Balaban J connectivity index is 2.16. The average molecular weight is 349 g/mol. The normalized spacial score (nSPS) is 11.1. The lowest BCUT2D eigenvalue weighted by Gasteiger charge is -2.20. The molecule has 2 aromatic rings. The Morgan fingerprint density at radius 2 is 1.54 bits per heavy atom. The van der Waals surface area contributed by atoms with E-state index in [2.05, 4.69) is 6.92 Å². The third kappa shape index (κ3) is 4.20. The smallest absolute Gasteiger partial charge is 0.264 e. The Morgan fingerprint density at radius 3 is 2.08 bits per heavy atom. The van der Waals surface area contributed by atoms with E-state index in [-0.39, 0.29) is 4.90 Å². The average Bonchev–Trinajstić information content (AvgIpc) is 2.62. The standard InChI is InChI=1S/C18H23NO4S/c1-4-5-14-23-17-10-12-18(13-11-17)24(20,21)19(2)15-6-8-16(22-3)9-7-15/h6-13H,4-5,14H2,1-3H3. The number of hydrogen-bond donors (Lipinski definition) is 0. The van der Waals surface area contributed by atoms with Crippen molar-refractivity contribution in [3.05, 3.63) is 48.5 Å². The molecule has 130 valence electrons. The molecule has 0 amide bonds. The maximum absolute atomic E-state index is 12.7. The summed E-state index contributed by atoms with van der Waals surface area (Å²) in [6.07, 6.45) is 2.03. The molecule has 0 heterocycles. The lowest BCUT2D eigenvalue weighted by atomic mass is 10.3. The lowest BCUT2D eigenvalue weighted by molar-refractivity contribution is 0.309. The highest BCUT2D eigenvalue weighted by Crippen LogP contribution is 2.25. The summed E-state index contributed by atoms with van der Waals surface area (Å²) in [6.45, 7) is 2.72. The molecule has 0 N–H and O–H groups in total. The maximum atomic E-state index is 12.7. The number of nitrogens with zero attached hydrogens (tertiary/aromatic N) is 1. The van der Waals surface area contributed by atoms with Gasteiger partial charge in [0.1, 0.15) is 11.5 Å². The van der Waals surface area contributed by atoms with E-state index in [1.807, 2.05) is 0 Å². The second-order valence-corrected chi connectivity index (χ2v) is 7.31. The van der Waals surface area contributed by atoms with Gasteiger partial charge in [0.2, 0.25) is 0 Å². The van der Waals surface area contributed by atoms with Crippen molar-refractivity contribution in [3.8, 4) is 11.5 Å². The highest BCUT2D eigenvalue weighted by Gasteiger charge is 2.21. The molecule has 0 fully saturated rings. The van der Waals surface area contributed by atoms with E-state index in [0.717, 1.165) is 12.8 Å². The highest BCUT2D eigenvalue weighted by molar-refractivity contribution is 7.92. The second kappa shape index (κ2) is 8.06. The molecule has 0 aliphatic rings. The predicted molar refractivity (Wildman–Crippen MR) is 95.4 cm³/mol. The van der Waals surface area contributed by atoms with Gasteiger partial charge in [-0.1, -0.05) is 13.3 Å². The number of rotatable bonds is 8. The van der Waals surface area contributed by atoms with E-state index in [1.54, 1.807) is 55.6 Å². The number of benzene rings is 2. The van der Waals surface area contributed by atoms with Gasteiger partial charge in [-0.3, -0.25) is 4.31 Å². The Labute approximate surface area is 143 Å². The quantitative estimate of drug-likeness (QED) is 0.682. The zero-order chi connectivity index (χ0) is 17.6. The summed E-state index contributed by atoms with van der Waals surface area (Å²) in [4.78, 5) is 0.226. The summed E-state index contributed by atoms with van der Waals surface area (Å²) in [5, 5.41) is 0. The van der Waals surface area contributed by atoms with Gasteiger partial charge in [-0.25, -0.2) is 8.42 Å². The molecule has 6 heteroatoms. The molecule has 0 aliphatic heterocycles. The third-order valence-corrected chi connectivity index (χ3v) is 5.48. The van der Waals surface area contributed by atoms with E-state index >= 15 is 0 Å². The van der Waals surface area contributed by atoms with Gasteiger partial charge in [-0.2, -0.15) is 0 Å². The van der Waals surface area contributed by atoms with Crippen molar-refractivity contribution in [2.45, 2.75) is 24.7 Å². The first-order chi connectivity index (χ1) is 11.5. The molecular weight excluding hydrogens is 326 g/mol. The molecule has 0 atom stereocenters. The largest absolute Gasteiger partial charge is 0.497 e. The van der Waals surface area contributed by atoms with Crippen molar-refractivity contribution in [3.63, 3.8) is 0 Å². The minimum atomic E-state index is -3.62. The Bertz CT molecular complexity index is 740. The summed E-state index contributed by atoms with van der Waals surface area (Å²) in [5.74, 6) is 1.35. The molecule has 0 unspecified atom stereocenters. The number of sulfonamides is 1. The SMILES string of the molecule is CCCCOc1ccc(S(=O)(=O)N(C)c2ccc(OC)cc2)cc1. The van der Waals surface area contributed by atoms with Gasteiger partial charge in [0.25, 0.3) is 10.0 Å². The number of anilines is 1. The first-order valence-electron chi connectivity index (χ1n) is 7.85. The molecule has 2 rings (SSSR count). The lowest BCUT2D eigenvalue weighted by Crippen LogP contribution is -2.26. The summed E-state index contributed by atoms with van der Waals surface area (Å²) < 4.78 is 37.3. The van der Waals surface area contributed by atoms with Crippen molar-refractivity contribution in [2.24, 2.45) is 0 Å². The molecule has 0 aliphatic carbocycles. The van der Waals surface area contributed by atoms with Crippen molar-refractivity contribution >= 4 is 15.7 Å². The van der Waals surface area contributed by atoms with Crippen molar-refractivity contribution < 1.29 is 17.9 Å². The number of ether oxygens (including phenoxy) is 2. The molecule has 2 aromatic carbocycles. The zero-order valence-electron chi connectivity index (χ0n) is 14.2. The summed E-state index contributed by atoms with van der Waals surface area (Å²) in [6, 6.07) is 13.4. The fourth-order valence-electron chi connectivity index (χ4n) is 2.13. The zero-order valence-corrected chi connectivity index (χ0v) is 15.0. The minimum absolute atomic E-state index is 0.226. The van der Waals surface area contributed by atoms with Crippen LogP contribution in [-0.2, 0) is 10.0 Å². The summed E-state index contributed by atoms with van der Waals surface area (Å²) in [7, 11) is -0.517. The van der Waals surface area contributed by atoms with Crippen LogP contribution in [0.2, 0.25) is 0 Å². The molecule has 0 spiro atoms. The van der Waals surface area contributed by atoms with Crippen LogP contribution < -0.4 is 13.8 Å². The van der Waals surface area contributed by atoms with Crippen molar-refractivity contribution in [1.29, 1.82) is 0 Å². The number of methoxy groups -OCH3 is 1. The number of unbranched alkanes of at least 4 members (excludes halogenated alkanes) is 1. The molecule has 24 heavy (non-hydrogen) atoms. The van der Waals surface area contributed by atoms with Gasteiger partial charge in [-0.05, 0) is 55.0 Å². The van der Waals surface area contributed by atoms with E-state index in [4.69, 9.17) is 9.47 Å². The van der Waals surface area contributed by atoms with Gasteiger partial charge in [0.15, 0.2) is 0 Å². The van der Waals surface area contributed by atoms with Gasteiger partial charge < -0.3 is 9.47 Å². The maximum Gasteiger partial charge on any atom is 0.264 e. The van der Waals surface area contributed by atoms with Gasteiger partial charge in [0, 0.05) is 7.05 Å². The van der Waals surface area contributed by atoms with Crippen LogP contribution in [0.1, 0.15) is 19.8 Å². The first-order valence-corrected chi connectivity index (χ1v) is 9.29. The topological polar surface area (TPSA) is 55.8 Å². The molecule has 0 bridgehead atoms. The fraction of sp³-hybridized carbons (Fsp3) is 0.333. The van der Waals surface area contributed by atoms with Gasteiger partial charge in [-0.15, -0.1) is 0 Å². The van der Waals surface area contributed by atoms with Crippen LogP contribution in [0.4, 0.5) is 5.69 Å². The molecule has 0 radical (unpaired) electrons. The van der Waals surface area contributed by atoms with Crippen LogP contribution in [-0.4, -0.2) is 29.2 Å². The van der Waals surface area contributed by atoms with Crippen LogP contribution in [0, 0.1) is 0 Å². The molecule has 5 nitrogen and oxygen atoms in total. The Hall–Kier alpha value is -2.21. The van der Waals surface area contributed by atoms with Crippen LogP contribution in [0.25, 0.3) is 0 Å². The second-order valence-electron chi connectivity index (χ2n) is 5.34. The highest BCUT2D eigenvalue weighted by atomic mass is 32.2. The van der Waals surface area contributed by atoms with E-state index in [0.29, 0.717) is 23.8 Å². The van der Waals surface area contributed by atoms with Gasteiger partial charge >= 0.3 is 0 Å². The van der Waals surface area contributed by atoms with Crippen molar-refractivity contribution in [2.75, 3.05) is 25.1 Å². The third-order valence-electron chi connectivity index (χ3n) is 3.68. The van der Waals surface area contributed by atoms with Gasteiger partial charge in [0.05, 0.1) is 24.3 Å². The first kappa shape index (κ1) is 18.1. The van der Waals surface area contributed by atoms with Crippen LogP contribution in [0.5, 0.6) is 11.5 Å². The predicted octanol–water partition coefficient (Wildman–Crippen LogP) is 3.70. The van der Waals surface area contributed by atoms with E-state index < -0.39 is 10.0 Å². The van der Waals surface area contributed by atoms with E-state index in [9.17, 15) is 8.42 Å².